The fourth-order valence-corrected chi connectivity index (χ4v) is 10.0. The molecule has 0 heterocycles. The fraction of sp³-hybridized carbons (Fsp3) is 0.694. The van der Waals surface area contributed by atoms with E-state index in [0.29, 0.717) is 11.3 Å². The third-order valence-corrected chi connectivity index (χ3v) is 12.6. The van der Waals surface area contributed by atoms with E-state index in [1.165, 1.54) is 56.6 Å². The molecule has 0 aromatic heterocycles. The van der Waals surface area contributed by atoms with E-state index in [-0.39, 0.29) is 27.9 Å². The quantitative estimate of drug-likeness (QED) is 0.199. The van der Waals surface area contributed by atoms with Crippen molar-refractivity contribution in [1.82, 2.24) is 0 Å². The van der Waals surface area contributed by atoms with Crippen molar-refractivity contribution in [2.24, 2.45) is 33.5 Å². The predicted molar refractivity (Wildman–Crippen MR) is 158 cm³/mol. The highest BCUT2D eigenvalue weighted by Gasteiger charge is 2.63. The van der Waals surface area contributed by atoms with Crippen LogP contribution < -0.4 is 0 Å². The van der Waals surface area contributed by atoms with Crippen molar-refractivity contribution in [3.8, 4) is 0 Å². The maximum absolute atomic E-state index is 13.8. The molecule has 1 aromatic rings. The van der Waals surface area contributed by atoms with Crippen LogP contribution >= 0.6 is 0 Å². The minimum atomic E-state index is -1.02. The molecule has 0 saturated heterocycles. The van der Waals surface area contributed by atoms with Gasteiger partial charge in [0.15, 0.2) is 11.6 Å². The average Bonchev–Trinajstić information content (AvgIpc) is 3.15. The number of esters is 1. The molecule has 0 aliphatic heterocycles. The lowest BCUT2D eigenvalue weighted by atomic mass is 9.43. The molecule has 2 saturated carbocycles. The van der Waals surface area contributed by atoms with Gasteiger partial charge in [-0.15, -0.1) is 0 Å². The molecule has 2 nitrogen and oxygen atoms in total. The first-order valence-corrected chi connectivity index (χ1v) is 15.8. The van der Waals surface area contributed by atoms with Gasteiger partial charge >= 0.3 is 5.97 Å². The van der Waals surface area contributed by atoms with E-state index in [0.717, 1.165) is 43.7 Å². The van der Waals surface area contributed by atoms with E-state index < -0.39 is 17.6 Å². The van der Waals surface area contributed by atoms with Gasteiger partial charge in [0.25, 0.3) is 0 Å². The highest BCUT2D eigenvalue weighted by atomic mass is 19.2. The lowest BCUT2D eigenvalue weighted by Crippen LogP contribution is -2.55. The van der Waals surface area contributed by atoms with Crippen molar-refractivity contribution < 1.29 is 18.3 Å². The number of rotatable bonds is 6. The van der Waals surface area contributed by atoms with Gasteiger partial charge < -0.3 is 4.74 Å². The van der Waals surface area contributed by atoms with Crippen molar-refractivity contribution in [3.05, 3.63) is 58.2 Å². The van der Waals surface area contributed by atoms with Crippen molar-refractivity contribution in [2.45, 2.75) is 125 Å². The number of unbranched alkanes of at least 4 members (excludes halogenated alkanes) is 1. The van der Waals surface area contributed by atoms with Crippen LogP contribution in [0.3, 0.4) is 0 Å². The molecular weight excluding hydrogens is 502 g/mol. The molecule has 40 heavy (non-hydrogen) atoms. The molecule has 0 radical (unpaired) electrons. The molecule has 220 valence electrons. The van der Waals surface area contributed by atoms with Crippen molar-refractivity contribution in [3.63, 3.8) is 0 Å². The smallest absolute Gasteiger partial charge is 0.338 e. The first-order chi connectivity index (χ1) is 18.7. The highest BCUT2D eigenvalue weighted by molar-refractivity contribution is 5.89. The van der Waals surface area contributed by atoms with E-state index in [1.807, 2.05) is 0 Å². The molecule has 4 heteroatoms. The topological polar surface area (TPSA) is 26.3 Å². The van der Waals surface area contributed by atoms with Crippen molar-refractivity contribution in [2.75, 3.05) is 0 Å². The van der Waals surface area contributed by atoms with Gasteiger partial charge in [-0.25, -0.2) is 13.6 Å². The Balaban J connectivity index is 1.36. The van der Waals surface area contributed by atoms with Crippen LogP contribution in [0.25, 0.3) is 0 Å². The molecule has 6 unspecified atom stereocenters. The summed E-state index contributed by atoms with van der Waals surface area (Å²) in [6.45, 7) is 16.6. The van der Waals surface area contributed by atoms with Gasteiger partial charge in [0.05, 0.1) is 5.56 Å². The molecule has 1 aromatic carbocycles. The summed E-state index contributed by atoms with van der Waals surface area (Å²) in [4.78, 5) is 13.0. The fourth-order valence-electron chi connectivity index (χ4n) is 10.0. The van der Waals surface area contributed by atoms with E-state index in [9.17, 15) is 13.6 Å². The summed E-state index contributed by atoms with van der Waals surface area (Å²) in [6.07, 6.45) is 15.2. The Morgan fingerprint density at radius 1 is 0.950 bits per heavy atom. The average molecular weight is 553 g/mol. The summed E-state index contributed by atoms with van der Waals surface area (Å²) in [6, 6.07) is 3.26. The van der Waals surface area contributed by atoms with Gasteiger partial charge in [0.2, 0.25) is 0 Å². The van der Waals surface area contributed by atoms with Gasteiger partial charge in [-0.1, -0.05) is 57.4 Å². The summed E-state index contributed by atoms with van der Waals surface area (Å²) in [5, 5.41) is 0. The Hall–Kier alpha value is -1.97. The molecule has 5 rings (SSSR count). The standard InChI is InChI=1S/C36H50F2O2/c1-23(2)10-8-9-11-25-16-20-36(7)27-13-15-30-33(3,4)31(40-32(39)24-12-14-28(37)29(38)22-24)18-19-34(30,5)26(27)17-21-35(25,36)6/h10,12,14,22,25,30-31H,8-9,11,13,15-21H2,1-7H3. The zero-order valence-corrected chi connectivity index (χ0v) is 25.9. The number of benzene rings is 1. The van der Waals surface area contributed by atoms with E-state index in [1.54, 1.807) is 11.1 Å². The highest BCUT2D eigenvalue weighted by Crippen LogP contribution is 2.72. The number of carbonyl (C=O) groups excluding carboxylic acids is 1. The number of carbonyl (C=O) groups is 1. The summed E-state index contributed by atoms with van der Waals surface area (Å²) >= 11 is 0. The lowest BCUT2D eigenvalue weighted by Gasteiger charge is -2.62. The largest absolute Gasteiger partial charge is 0.458 e. The summed E-state index contributed by atoms with van der Waals surface area (Å²) in [5.41, 5.74) is 5.60. The van der Waals surface area contributed by atoms with Crippen LogP contribution in [0.5, 0.6) is 0 Å². The Morgan fingerprint density at radius 2 is 1.70 bits per heavy atom. The SMILES string of the molecule is CC(C)=CCCCC1CCC2(C)C3=C(CCC12C)C1(C)CCC(OC(=O)c2ccc(F)c(F)c2)C(C)(C)C1CC3. The molecule has 4 aliphatic rings. The number of hydrogen-bond acceptors (Lipinski definition) is 2. The minimum absolute atomic E-state index is 0.0767. The van der Waals surface area contributed by atoms with Crippen LogP contribution in [-0.2, 0) is 4.74 Å². The predicted octanol–water partition coefficient (Wildman–Crippen LogP) is 10.4. The molecule has 0 N–H and O–H groups in total. The molecule has 0 bridgehead atoms. The lowest BCUT2D eigenvalue weighted by molar-refractivity contribution is -0.103. The number of hydrogen-bond donors (Lipinski definition) is 0. The normalized spacial score (nSPS) is 36.4. The molecule has 0 amide bonds. The van der Waals surface area contributed by atoms with Gasteiger partial charge in [-0.2, -0.15) is 0 Å². The van der Waals surface area contributed by atoms with Gasteiger partial charge in [-0.3, -0.25) is 0 Å². The second-order valence-corrected chi connectivity index (χ2v) is 15.0. The van der Waals surface area contributed by atoms with Gasteiger partial charge in [0, 0.05) is 5.41 Å². The second kappa shape index (κ2) is 10.4. The summed E-state index contributed by atoms with van der Waals surface area (Å²) in [7, 11) is 0. The van der Waals surface area contributed by atoms with Crippen LogP contribution in [0.15, 0.2) is 41.0 Å². The van der Waals surface area contributed by atoms with Gasteiger partial charge in [-0.05, 0) is 131 Å². The number of ether oxygens (including phenoxy) is 1. The van der Waals surface area contributed by atoms with Crippen LogP contribution in [0.1, 0.15) is 129 Å². The molecule has 2 fully saturated rings. The zero-order valence-electron chi connectivity index (χ0n) is 25.9. The first kappa shape index (κ1) is 29.5. The maximum atomic E-state index is 13.8. The van der Waals surface area contributed by atoms with Crippen LogP contribution in [0.4, 0.5) is 8.78 Å². The monoisotopic (exact) mass is 552 g/mol. The maximum Gasteiger partial charge on any atom is 0.338 e. The van der Waals surface area contributed by atoms with Crippen LogP contribution in [-0.4, -0.2) is 12.1 Å². The minimum Gasteiger partial charge on any atom is -0.458 e. The third-order valence-electron chi connectivity index (χ3n) is 12.6. The van der Waals surface area contributed by atoms with Gasteiger partial charge in [0.1, 0.15) is 6.10 Å². The van der Waals surface area contributed by atoms with E-state index in [4.69, 9.17) is 4.74 Å². The molecule has 4 aliphatic carbocycles. The molecule has 0 spiro atoms. The Bertz CT molecular complexity index is 1220. The van der Waals surface area contributed by atoms with E-state index >= 15 is 0 Å². The number of halogens is 2. The van der Waals surface area contributed by atoms with Crippen molar-refractivity contribution in [1.29, 1.82) is 0 Å². The zero-order chi connectivity index (χ0) is 29.1. The Kier molecular flexibility index (Phi) is 7.67. The second-order valence-electron chi connectivity index (χ2n) is 15.0. The summed E-state index contributed by atoms with van der Waals surface area (Å²) < 4.78 is 33.3. The molecular formula is C36H50F2O2. The number of fused-ring (bicyclic) bond motifs is 4. The third kappa shape index (κ3) is 4.60. The number of allylic oxidation sites excluding steroid dienone is 4. The van der Waals surface area contributed by atoms with Crippen LogP contribution in [0.2, 0.25) is 0 Å². The Labute approximate surface area is 241 Å². The molecule has 6 atom stereocenters. The summed E-state index contributed by atoms with van der Waals surface area (Å²) in [5.74, 6) is -1.29. The Morgan fingerprint density at radius 3 is 2.40 bits per heavy atom. The van der Waals surface area contributed by atoms with Crippen molar-refractivity contribution >= 4 is 5.97 Å². The first-order valence-electron chi connectivity index (χ1n) is 15.8. The van der Waals surface area contributed by atoms with E-state index in [2.05, 4.69) is 54.5 Å². The van der Waals surface area contributed by atoms with Crippen LogP contribution in [0, 0.1) is 45.1 Å².